The molecule has 31 heavy (non-hydrogen) atoms. The number of hydrogen-bond acceptors (Lipinski definition) is 5. The Hall–Kier alpha value is -3.14. The number of aryl methyl sites for hydroxylation is 1. The van der Waals surface area contributed by atoms with Gasteiger partial charge in [-0.05, 0) is 43.4 Å². The fraction of sp³-hybridized carbons (Fsp3) is 0.500. The number of anilines is 1. The summed E-state index contributed by atoms with van der Waals surface area (Å²) < 4.78 is 1.83. The lowest BCUT2D eigenvalue weighted by Crippen LogP contribution is -2.51. The van der Waals surface area contributed by atoms with E-state index in [-0.39, 0.29) is 17.7 Å². The molecule has 1 saturated heterocycles. The molecule has 5 rings (SSSR count). The number of carbonyl (C=O) groups is 1. The molecule has 0 spiro atoms. The van der Waals surface area contributed by atoms with Crippen molar-refractivity contribution in [1.29, 1.82) is 5.26 Å². The van der Waals surface area contributed by atoms with Crippen LogP contribution >= 0.6 is 0 Å². The first-order valence-corrected chi connectivity index (χ1v) is 11.2. The molecule has 0 aromatic carbocycles. The summed E-state index contributed by atoms with van der Waals surface area (Å²) in [6.07, 6.45) is 12.4. The highest BCUT2D eigenvalue weighted by molar-refractivity contribution is 5.91. The van der Waals surface area contributed by atoms with Gasteiger partial charge in [0.25, 0.3) is 0 Å². The van der Waals surface area contributed by atoms with Crippen molar-refractivity contribution in [2.75, 3.05) is 31.1 Å². The molecule has 0 radical (unpaired) electrons. The van der Waals surface area contributed by atoms with Crippen molar-refractivity contribution >= 4 is 23.2 Å². The molecule has 2 aromatic rings. The van der Waals surface area contributed by atoms with E-state index >= 15 is 0 Å². The van der Waals surface area contributed by atoms with E-state index in [0.717, 1.165) is 69.5 Å². The van der Waals surface area contributed by atoms with E-state index in [1.54, 1.807) is 0 Å². The fourth-order valence-corrected chi connectivity index (χ4v) is 5.15. The SMILES string of the molecule is Cn1cc(C2=Cc3c(N4CCN(C(=O)C5CCC(C#N)CC5)CC4)ccnc3C2)cn1. The summed E-state index contributed by atoms with van der Waals surface area (Å²) in [5.74, 6) is 0.528. The zero-order valence-corrected chi connectivity index (χ0v) is 18.0. The van der Waals surface area contributed by atoms with Gasteiger partial charge in [0.05, 0.1) is 18.0 Å². The van der Waals surface area contributed by atoms with Crippen LogP contribution in [0.3, 0.4) is 0 Å². The minimum atomic E-state index is 0.103. The normalized spacial score (nSPS) is 23.3. The van der Waals surface area contributed by atoms with Crippen LogP contribution in [-0.2, 0) is 18.3 Å². The Kier molecular flexibility index (Phi) is 5.23. The summed E-state index contributed by atoms with van der Waals surface area (Å²) in [5.41, 5.74) is 5.93. The molecule has 160 valence electrons. The molecule has 2 aliphatic carbocycles. The van der Waals surface area contributed by atoms with Crippen molar-refractivity contribution in [3.8, 4) is 6.07 Å². The first-order chi connectivity index (χ1) is 15.1. The van der Waals surface area contributed by atoms with Crippen LogP contribution in [0.1, 0.15) is 42.5 Å². The monoisotopic (exact) mass is 416 g/mol. The largest absolute Gasteiger partial charge is 0.367 e. The van der Waals surface area contributed by atoms with Gasteiger partial charge in [-0.1, -0.05) is 0 Å². The minimum absolute atomic E-state index is 0.103. The zero-order chi connectivity index (χ0) is 21.4. The summed E-state index contributed by atoms with van der Waals surface area (Å²) in [6, 6.07) is 4.46. The number of rotatable bonds is 3. The topological polar surface area (TPSA) is 78.0 Å². The lowest BCUT2D eigenvalue weighted by molar-refractivity contribution is -0.137. The van der Waals surface area contributed by atoms with Crippen LogP contribution in [-0.4, -0.2) is 51.8 Å². The van der Waals surface area contributed by atoms with Gasteiger partial charge in [-0.15, -0.1) is 0 Å². The molecule has 1 amide bonds. The lowest BCUT2D eigenvalue weighted by Gasteiger charge is -2.39. The highest BCUT2D eigenvalue weighted by Gasteiger charge is 2.32. The van der Waals surface area contributed by atoms with Gasteiger partial charge in [-0.25, -0.2) is 0 Å². The summed E-state index contributed by atoms with van der Waals surface area (Å²) in [4.78, 5) is 22.0. The summed E-state index contributed by atoms with van der Waals surface area (Å²) >= 11 is 0. The molecule has 2 fully saturated rings. The van der Waals surface area contributed by atoms with Crippen molar-refractivity contribution in [2.24, 2.45) is 18.9 Å². The highest BCUT2D eigenvalue weighted by atomic mass is 16.2. The second kappa shape index (κ2) is 8.18. The van der Waals surface area contributed by atoms with E-state index in [9.17, 15) is 4.79 Å². The average Bonchev–Trinajstić information content (AvgIpc) is 3.45. The smallest absolute Gasteiger partial charge is 0.225 e. The van der Waals surface area contributed by atoms with Crippen LogP contribution in [0.2, 0.25) is 0 Å². The predicted molar refractivity (Wildman–Crippen MR) is 119 cm³/mol. The van der Waals surface area contributed by atoms with Crippen LogP contribution in [0, 0.1) is 23.2 Å². The average molecular weight is 417 g/mol. The maximum absolute atomic E-state index is 13.0. The molecule has 3 aliphatic rings. The number of nitrogens with zero attached hydrogens (tertiary/aromatic N) is 6. The Balaban J connectivity index is 1.25. The van der Waals surface area contributed by atoms with Crippen LogP contribution < -0.4 is 4.90 Å². The number of nitriles is 1. The second-order valence-corrected chi connectivity index (χ2v) is 8.93. The molecule has 7 nitrogen and oxygen atoms in total. The third kappa shape index (κ3) is 3.83. The van der Waals surface area contributed by atoms with Crippen LogP contribution in [0.25, 0.3) is 11.6 Å². The maximum Gasteiger partial charge on any atom is 0.225 e. The van der Waals surface area contributed by atoms with Gasteiger partial charge in [0, 0.05) is 80.7 Å². The van der Waals surface area contributed by atoms with Crippen molar-refractivity contribution < 1.29 is 4.79 Å². The van der Waals surface area contributed by atoms with Crippen molar-refractivity contribution in [2.45, 2.75) is 32.1 Å². The third-order valence-electron chi connectivity index (χ3n) is 6.99. The van der Waals surface area contributed by atoms with Crippen LogP contribution in [0.4, 0.5) is 5.69 Å². The van der Waals surface area contributed by atoms with E-state index in [0.29, 0.717) is 0 Å². The quantitative estimate of drug-likeness (QED) is 0.769. The minimum Gasteiger partial charge on any atom is -0.367 e. The Morgan fingerprint density at radius 3 is 2.61 bits per heavy atom. The van der Waals surface area contributed by atoms with Gasteiger partial charge in [0.2, 0.25) is 5.91 Å². The van der Waals surface area contributed by atoms with Gasteiger partial charge in [-0.3, -0.25) is 14.5 Å². The molecular formula is C24H28N6O. The van der Waals surface area contributed by atoms with Gasteiger partial charge < -0.3 is 9.80 Å². The number of aromatic nitrogens is 3. The number of fused-ring (bicyclic) bond motifs is 1. The molecule has 0 N–H and O–H groups in total. The molecule has 2 aromatic heterocycles. The number of piperazine rings is 1. The van der Waals surface area contributed by atoms with Crippen LogP contribution in [0.15, 0.2) is 24.7 Å². The number of amides is 1. The molecule has 7 heteroatoms. The summed E-state index contributed by atoms with van der Waals surface area (Å²) in [5, 5.41) is 13.4. The predicted octanol–water partition coefficient (Wildman–Crippen LogP) is 2.89. The molecule has 1 saturated carbocycles. The maximum atomic E-state index is 13.0. The van der Waals surface area contributed by atoms with E-state index in [1.165, 1.54) is 16.8 Å². The highest BCUT2D eigenvalue weighted by Crippen LogP contribution is 2.36. The van der Waals surface area contributed by atoms with E-state index in [2.05, 4.69) is 33.2 Å². The van der Waals surface area contributed by atoms with Crippen LogP contribution in [0.5, 0.6) is 0 Å². The first-order valence-electron chi connectivity index (χ1n) is 11.2. The van der Waals surface area contributed by atoms with Crippen molar-refractivity contribution in [3.05, 3.63) is 41.5 Å². The summed E-state index contributed by atoms with van der Waals surface area (Å²) in [6.45, 7) is 3.19. The molecule has 1 aliphatic heterocycles. The molecule has 0 atom stereocenters. The lowest BCUT2D eigenvalue weighted by atomic mass is 9.82. The third-order valence-corrected chi connectivity index (χ3v) is 6.99. The number of pyridine rings is 1. The van der Waals surface area contributed by atoms with E-state index in [1.807, 2.05) is 35.2 Å². The van der Waals surface area contributed by atoms with Crippen molar-refractivity contribution in [1.82, 2.24) is 19.7 Å². The van der Waals surface area contributed by atoms with Gasteiger partial charge in [-0.2, -0.15) is 10.4 Å². The first kappa shape index (κ1) is 19.8. The summed E-state index contributed by atoms with van der Waals surface area (Å²) in [7, 11) is 1.94. The number of hydrogen-bond donors (Lipinski definition) is 0. The van der Waals surface area contributed by atoms with Gasteiger partial charge in [0.15, 0.2) is 0 Å². The molecule has 0 unspecified atom stereocenters. The van der Waals surface area contributed by atoms with Gasteiger partial charge >= 0.3 is 0 Å². The molecule has 3 heterocycles. The zero-order valence-electron chi connectivity index (χ0n) is 18.0. The molecule has 0 bridgehead atoms. The van der Waals surface area contributed by atoms with E-state index < -0.39 is 0 Å². The van der Waals surface area contributed by atoms with Crippen molar-refractivity contribution in [3.63, 3.8) is 0 Å². The van der Waals surface area contributed by atoms with E-state index in [4.69, 9.17) is 5.26 Å². The standard InChI is InChI=1S/C24H28N6O/c1-28-16-20(15-27-28)19-12-21-22(13-19)26-7-6-23(21)29-8-10-30(11-9-29)24(31)18-4-2-17(14-25)3-5-18/h6-7,12,15-18H,2-5,8-11,13H2,1H3. The Labute approximate surface area is 183 Å². The number of allylic oxidation sites excluding steroid dienone is 1. The fourth-order valence-electron chi connectivity index (χ4n) is 5.15. The Bertz CT molecular complexity index is 1050. The second-order valence-electron chi connectivity index (χ2n) is 8.93. The van der Waals surface area contributed by atoms with Gasteiger partial charge in [0.1, 0.15) is 0 Å². The Morgan fingerprint density at radius 1 is 1.16 bits per heavy atom. The Morgan fingerprint density at radius 2 is 1.94 bits per heavy atom. The molecular weight excluding hydrogens is 388 g/mol. The number of carbonyl (C=O) groups excluding carboxylic acids is 1.